The van der Waals surface area contributed by atoms with Gasteiger partial charge in [-0.1, -0.05) is 11.6 Å². The van der Waals surface area contributed by atoms with Crippen molar-refractivity contribution in [1.82, 2.24) is 24.6 Å². The molecule has 12 heteroatoms. The van der Waals surface area contributed by atoms with E-state index in [1.54, 1.807) is 39.2 Å². The molecule has 0 aliphatic carbocycles. The zero-order valence-electron chi connectivity index (χ0n) is 18.4. The number of benzene rings is 1. The molecule has 4 rings (SSSR count). The molecular formula is C22H19ClF3N5O3. The number of alkyl halides is 3. The normalized spacial score (nSPS) is 11.9. The van der Waals surface area contributed by atoms with Crippen LogP contribution in [-0.4, -0.2) is 37.6 Å². The van der Waals surface area contributed by atoms with Crippen molar-refractivity contribution in [2.45, 2.75) is 39.5 Å². The van der Waals surface area contributed by atoms with Gasteiger partial charge in [-0.25, -0.2) is 14.5 Å². The van der Waals surface area contributed by atoms with Crippen molar-refractivity contribution >= 4 is 34.3 Å². The minimum atomic E-state index is -4.68. The Morgan fingerprint density at radius 2 is 1.91 bits per heavy atom. The number of aromatic nitrogens is 5. The van der Waals surface area contributed by atoms with Crippen LogP contribution in [0, 0.1) is 13.8 Å². The van der Waals surface area contributed by atoms with Gasteiger partial charge in [0.05, 0.1) is 12.6 Å². The summed E-state index contributed by atoms with van der Waals surface area (Å²) < 4.78 is 50.4. The van der Waals surface area contributed by atoms with Crippen LogP contribution in [0.25, 0.3) is 16.7 Å². The third-order valence-corrected chi connectivity index (χ3v) is 5.65. The van der Waals surface area contributed by atoms with Gasteiger partial charge in [-0.05, 0) is 44.0 Å². The lowest BCUT2D eigenvalue weighted by molar-refractivity contribution is -0.145. The molecule has 3 heterocycles. The van der Waals surface area contributed by atoms with Gasteiger partial charge in [0.25, 0.3) is 11.6 Å². The second-order valence-electron chi connectivity index (χ2n) is 7.56. The summed E-state index contributed by atoms with van der Waals surface area (Å²) in [5.41, 5.74) is 2.69. The van der Waals surface area contributed by atoms with E-state index < -0.39 is 18.0 Å². The quantitative estimate of drug-likeness (QED) is 0.285. The Hall–Kier alpha value is -3.47. The van der Waals surface area contributed by atoms with Crippen molar-refractivity contribution in [3.05, 3.63) is 57.8 Å². The second-order valence-corrected chi connectivity index (χ2v) is 7.92. The van der Waals surface area contributed by atoms with Crippen molar-refractivity contribution in [2.75, 3.05) is 7.11 Å². The molecule has 0 spiro atoms. The van der Waals surface area contributed by atoms with Gasteiger partial charge in [0.2, 0.25) is 0 Å². The average Bonchev–Trinajstić information content (AvgIpc) is 3.22. The third kappa shape index (κ3) is 4.74. The van der Waals surface area contributed by atoms with Crippen molar-refractivity contribution in [3.8, 4) is 5.75 Å². The molecule has 0 saturated carbocycles. The van der Waals surface area contributed by atoms with Gasteiger partial charge in [0.1, 0.15) is 17.5 Å². The molecule has 4 aromatic rings. The number of nitrogens with zero attached hydrogens (tertiary/aromatic N) is 5. The minimum Gasteiger partial charge on any atom is -0.497 e. The highest BCUT2D eigenvalue weighted by Crippen LogP contribution is 2.28. The van der Waals surface area contributed by atoms with Crippen LogP contribution in [0.3, 0.4) is 0 Å². The maximum Gasteiger partial charge on any atom is 0.453 e. The number of ether oxygens (including phenoxy) is 2. The predicted octanol–water partition coefficient (Wildman–Crippen LogP) is 4.65. The molecule has 0 N–H and O–H groups in total. The maximum atomic E-state index is 12.9. The first kappa shape index (κ1) is 23.7. The zero-order valence-corrected chi connectivity index (χ0v) is 19.2. The molecule has 0 fully saturated rings. The molecule has 0 radical (unpaired) electrons. The number of hydrogen-bond acceptors (Lipinski definition) is 7. The molecule has 3 aromatic heterocycles. The van der Waals surface area contributed by atoms with Crippen LogP contribution < -0.4 is 4.74 Å². The van der Waals surface area contributed by atoms with E-state index in [2.05, 4.69) is 20.1 Å². The molecule has 0 atom stereocenters. The second kappa shape index (κ2) is 9.05. The minimum absolute atomic E-state index is 0.00841. The monoisotopic (exact) mass is 493 g/mol. The lowest BCUT2D eigenvalue weighted by atomic mass is 10.1. The van der Waals surface area contributed by atoms with Crippen LogP contribution in [0.15, 0.2) is 24.3 Å². The fourth-order valence-electron chi connectivity index (χ4n) is 3.54. The molecule has 0 saturated heterocycles. The average molecular weight is 494 g/mol. The van der Waals surface area contributed by atoms with Crippen LogP contribution in [0.1, 0.15) is 34.8 Å². The predicted molar refractivity (Wildman–Crippen MR) is 117 cm³/mol. The molecule has 0 aliphatic heterocycles. The van der Waals surface area contributed by atoms with Gasteiger partial charge < -0.3 is 9.47 Å². The molecule has 0 aliphatic rings. The molecule has 0 bridgehead atoms. The summed E-state index contributed by atoms with van der Waals surface area (Å²) in [4.78, 5) is 24.2. The maximum absolute atomic E-state index is 12.9. The molecule has 0 amide bonds. The Kier molecular flexibility index (Phi) is 6.30. The zero-order chi connectivity index (χ0) is 24.6. The first-order valence-electron chi connectivity index (χ1n) is 10.2. The summed E-state index contributed by atoms with van der Waals surface area (Å²) >= 11 is 6.24. The summed E-state index contributed by atoms with van der Waals surface area (Å²) in [5, 5.41) is 4.53. The Bertz CT molecular complexity index is 1400. The smallest absolute Gasteiger partial charge is 0.453 e. The van der Waals surface area contributed by atoms with Crippen molar-refractivity contribution in [3.63, 3.8) is 0 Å². The van der Waals surface area contributed by atoms with E-state index in [0.29, 0.717) is 33.8 Å². The Morgan fingerprint density at radius 3 is 2.62 bits per heavy atom. The highest BCUT2D eigenvalue weighted by molar-refractivity contribution is 6.30. The fraction of sp³-hybridized carbons (Fsp3) is 0.318. The highest BCUT2D eigenvalue weighted by Gasteiger charge is 2.37. The number of halogens is 4. The van der Waals surface area contributed by atoms with Crippen molar-refractivity contribution in [1.29, 1.82) is 0 Å². The fourth-order valence-corrected chi connectivity index (χ4v) is 3.74. The van der Waals surface area contributed by atoms with Crippen molar-refractivity contribution in [2.24, 2.45) is 0 Å². The Balaban J connectivity index is 1.44. The topological polar surface area (TPSA) is 91.5 Å². The lowest BCUT2D eigenvalue weighted by Crippen LogP contribution is -2.11. The van der Waals surface area contributed by atoms with E-state index in [4.69, 9.17) is 21.1 Å². The molecule has 8 nitrogen and oxygen atoms in total. The number of rotatable bonds is 6. The van der Waals surface area contributed by atoms with Gasteiger partial charge in [-0.2, -0.15) is 18.2 Å². The molecule has 1 aromatic carbocycles. The number of hydrogen-bond donors (Lipinski definition) is 0. The van der Waals surface area contributed by atoms with E-state index in [1.165, 1.54) is 0 Å². The number of pyridine rings is 1. The Morgan fingerprint density at radius 1 is 1.15 bits per heavy atom. The van der Waals surface area contributed by atoms with Gasteiger partial charge >= 0.3 is 12.1 Å². The summed E-state index contributed by atoms with van der Waals surface area (Å²) in [7, 11) is 1.55. The van der Waals surface area contributed by atoms with E-state index in [9.17, 15) is 18.0 Å². The third-order valence-electron chi connectivity index (χ3n) is 5.32. The number of aryl methyl sites for hydroxylation is 2. The molecule has 34 heavy (non-hydrogen) atoms. The van der Waals surface area contributed by atoms with Gasteiger partial charge in [-0.3, -0.25) is 4.79 Å². The van der Waals surface area contributed by atoms with E-state index in [-0.39, 0.29) is 30.4 Å². The number of carbonyl (C=O) groups excluding carboxylic acids is 1. The number of esters is 1. The largest absolute Gasteiger partial charge is 0.497 e. The van der Waals surface area contributed by atoms with Crippen LogP contribution in [0.2, 0.25) is 5.15 Å². The summed E-state index contributed by atoms with van der Waals surface area (Å²) in [6, 6.07) is 7.15. The molecule has 178 valence electrons. The SMILES string of the molecule is COc1ccc2cc(COC(=O)CCc3c(C)nc4nc(C(F)(F)F)nn4c3C)c(Cl)nc2c1. The highest BCUT2D eigenvalue weighted by atomic mass is 35.5. The summed E-state index contributed by atoms with van der Waals surface area (Å²) in [6.45, 7) is 3.18. The van der Waals surface area contributed by atoms with Crippen LogP contribution in [0.4, 0.5) is 13.2 Å². The first-order chi connectivity index (χ1) is 16.1. The summed E-state index contributed by atoms with van der Waals surface area (Å²) in [6.07, 6.45) is -4.47. The molecular weight excluding hydrogens is 475 g/mol. The number of fused-ring (bicyclic) bond motifs is 2. The standard InChI is InChI=1S/C22H19ClF3N5O3/c1-11-16(12(2)31-21(27-11)29-20(30-31)22(24,25)26)6-7-18(32)34-10-14-8-13-4-5-15(33-3)9-17(13)28-19(14)23/h4-5,8-9H,6-7,10H2,1-3H3. The Labute approximate surface area is 196 Å². The number of methoxy groups -OCH3 is 1. The van der Waals surface area contributed by atoms with E-state index >= 15 is 0 Å². The lowest BCUT2D eigenvalue weighted by Gasteiger charge is -2.11. The van der Waals surface area contributed by atoms with Crippen LogP contribution >= 0.6 is 11.6 Å². The van der Waals surface area contributed by atoms with Crippen LogP contribution in [0.5, 0.6) is 5.75 Å². The van der Waals surface area contributed by atoms with Crippen LogP contribution in [-0.2, 0) is 28.7 Å². The van der Waals surface area contributed by atoms with Gasteiger partial charge in [0, 0.05) is 34.8 Å². The van der Waals surface area contributed by atoms with Crippen molar-refractivity contribution < 1.29 is 27.4 Å². The van der Waals surface area contributed by atoms with E-state index in [0.717, 1.165) is 9.90 Å². The summed E-state index contributed by atoms with van der Waals surface area (Å²) in [5.74, 6) is -1.27. The van der Waals surface area contributed by atoms with Gasteiger partial charge in [0.15, 0.2) is 0 Å². The number of carbonyl (C=O) groups is 1. The molecule has 0 unspecified atom stereocenters. The van der Waals surface area contributed by atoms with Gasteiger partial charge in [-0.15, -0.1) is 5.10 Å². The van der Waals surface area contributed by atoms with E-state index in [1.807, 2.05) is 6.07 Å². The first-order valence-corrected chi connectivity index (χ1v) is 10.5.